The summed E-state index contributed by atoms with van der Waals surface area (Å²) in [7, 11) is 0. The van der Waals surface area contributed by atoms with Crippen LogP contribution in [0.3, 0.4) is 0 Å². The van der Waals surface area contributed by atoms with Crippen LogP contribution in [0.25, 0.3) is 0 Å². The van der Waals surface area contributed by atoms with Crippen molar-refractivity contribution in [3.05, 3.63) is 10.0 Å². The van der Waals surface area contributed by atoms with Gasteiger partial charge in [0.1, 0.15) is 10.0 Å². The Balaban J connectivity index is 1.71. The molecule has 96 valence electrons. The predicted molar refractivity (Wildman–Crippen MR) is 69.5 cm³/mol. The number of ether oxygens (including phenoxy) is 1. The second-order valence-corrected chi connectivity index (χ2v) is 5.58. The molecule has 1 aliphatic heterocycles. The first-order chi connectivity index (χ1) is 8.38. The Kier molecular flexibility index (Phi) is 5.35. The molecular formula is C12H21N3OS. The van der Waals surface area contributed by atoms with E-state index in [9.17, 15) is 0 Å². The zero-order valence-corrected chi connectivity index (χ0v) is 11.3. The summed E-state index contributed by atoms with van der Waals surface area (Å²) in [6.45, 7) is 5.18. The molecule has 1 fully saturated rings. The molecule has 1 N–H and O–H groups in total. The first-order valence-electron chi connectivity index (χ1n) is 6.52. The summed E-state index contributed by atoms with van der Waals surface area (Å²) in [5.41, 5.74) is 0. The zero-order chi connectivity index (χ0) is 11.9. The van der Waals surface area contributed by atoms with E-state index in [1.807, 2.05) is 0 Å². The Bertz CT molecular complexity index is 323. The molecule has 5 heteroatoms. The number of nitrogens with zero attached hydrogens (tertiary/aromatic N) is 2. The molecule has 0 amide bonds. The highest BCUT2D eigenvalue weighted by molar-refractivity contribution is 7.11. The van der Waals surface area contributed by atoms with Gasteiger partial charge in [-0.15, -0.1) is 21.5 Å². The average Bonchev–Trinajstić information content (AvgIpc) is 2.97. The summed E-state index contributed by atoms with van der Waals surface area (Å²) >= 11 is 1.74. The Morgan fingerprint density at radius 3 is 3.00 bits per heavy atom. The highest BCUT2D eigenvalue weighted by Gasteiger charge is 2.18. The van der Waals surface area contributed by atoms with Gasteiger partial charge in [-0.25, -0.2) is 0 Å². The van der Waals surface area contributed by atoms with E-state index in [0.29, 0.717) is 6.10 Å². The summed E-state index contributed by atoms with van der Waals surface area (Å²) in [6.07, 6.45) is 5.86. The van der Waals surface area contributed by atoms with Crippen molar-refractivity contribution in [3.8, 4) is 0 Å². The fourth-order valence-corrected chi connectivity index (χ4v) is 2.88. The van der Waals surface area contributed by atoms with Crippen molar-refractivity contribution >= 4 is 11.3 Å². The van der Waals surface area contributed by atoms with E-state index in [1.54, 1.807) is 11.3 Å². The first kappa shape index (κ1) is 12.9. The van der Waals surface area contributed by atoms with E-state index < -0.39 is 0 Å². The third-order valence-electron chi connectivity index (χ3n) is 2.88. The van der Waals surface area contributed by atoms with Crippen molar-refractivity contribution in [3.63, 3.8) is 0 Å². The molecule has 1 unspecified atom stereocenters. The van der Waals surface area contributed by atoms with Gasteiger partial charge in [-0.3, -0.25) is 0 Å². The lowest BCUT2D eigenvalue weighted by Crippen LogP contribution is -2.17. The van der Waals surface area contributed by atoms with Crippen LogP contribution in [0.2, 0.25) is 0 Å². The van der Waals surface area contributed by atoms with Gasteiger partial charge in [0, 0.05) is 26.0 Å². The number of aromatic nitrogens is 2. The van der Waals surface area contributed by atoms with Crippen LogP contribution in [0.15, 0.2) is 0 Å². The highest BCUT2D eigenvalue weighted by atomic mass is 32.1. The molecule has 1 aromatic rings. The average molecular weight is 255 g/mol. The summed E-state index contributed by atoms with van der Waals surface area (Å²) in [4.78, 5) is 0. The van der Waals surface area contributed by atoms with Crippen LogP contribution >= 0.6 is 11.3 Å². The summed E-state index contributed by atoms with van der Waals surface area (Å²) in [6, 6.07) is 0. The van der Waals surface area contributed by atoms with Crippen LogP contribution in [-0.2, 0) is 17.6 Å². The topological polar surface area (TPSA) is 47.0 Å². The Morgan fingerprint density at radius 2 is 2.24 bits per heavy atom. The maximum atomic E-state index is 5.61. The molecule has 1 saturated heterocycles. The van der Waals surface area contributed by atoms with E-state index in [2.05, 4.69) is 22.4 Å². The van der Waals surface area contributed by atoms with Gasteiger partial charge in [-0.1, -0.05) is 6.92 Å². The van der Waals surface area contributed by atoms with Crippen LogP contribution < -0.4 is 5.32 Å². The smallest absolute Gasteiger partial charge is 0.120 e. The molecule has 4 nitrogen and oxygen atoms in total. The molecule has 0 bridgehead atoms. The van der Waals surface area contributed by atoms with Gasteiger partial charge in [0.05, 0.1) is 6.10 Å². The van der Waals surface area contributed by atoms with Crippen molar-refractivity contribution in [1.29, 1.82) is 0 Å². The monoisotopic (exact) mass is 255 g/mol. The van der Waals surface area contributed by atoms with E-state index in [-0.39, 0.29) is 0 Å². The SMILES string of the molecule is CCCNCCc1nnc(CC2CCCO2)s1. The molecule has 0 spiro atoms. The number of nitrogens with one attached hydrogen (secondary N) is 1. The maximum absolute atomic E-state index is 5.61. The van der Waals surface area contributed by atoms with Crippen LogP contribution in [0.5, 0.6) is 0 Å². The van der Waals surface area contributed by atoms with Crippen molar-refractivity contribution in [2.75, 3.05) is 19.7 Å². The van der Waals surface area contributed by atoms with Crippen LogP contribution in [-0.4, -0.2) is 36.0 Å². The lowest BCUT2D eigenvalue weighted by Gasteiger charge is -2.04. The van der Waals surface area contributed by atoms with Gasteiger partial charge >= 0.3 is 0 Å². The third-order valence-corrected chi connectivity index (χ3v) is 3.88. The fourth-order valence-electron chi connectivity index (χ4n) is 1.97. The molecule has 0 aromatic carbocycles. The number of hydrogen-bond acceptors (Lipinski definition) is 5. The standard InChI is InChI=1S/C12H21N3OS/c1-2-6-13-7-5-11-14-15-12(17-11)9-10-4-3-8-16-10/h10,13H,2-9H2,1H3. The molecule has 0 saturated carbocycles. The lowest BCUT2D eigenvalue weighted by molar-refractivity contribution is 0.111. The van der Waals surface area contributed by atoms with E-state index in [0.717, 1.165) is 42.6 Å². The van der Waals surface area contributed by atoms with Crippen molar-refractivity contribution in [2.45, 2.75) is 45.1 Å². The minimum absolute atomic E-state index is 0.383. The van der Waals surface area contributed by atoms with Gasteiger partial charge in [0.25, 0.3) is 0 Å². The van der Waals surface area contributed by atoms with Crippen LogP contribution in [0, 0.1) is 0 Å². The Morgan fingerprint density at radius 1 is 1.35 bits per heavy atom. The zero-order valence-electron chi connectivity index (χ0n) is 10.4. The molecule has 17 heavy (non-hydrogen) atoms. The first-order valence-corrected chi connectivity index (χ1v) is 7.33. The largest absolute Gasteiger partial charge is 0.378 e. The van der Waals surface area contributed by atoms with E-state index >= 15 is 0 Å². The molecular weight excluding hydrogens is 234 g/mol. The number of hydrogen-bond donors (Lipinski definition) is 1. The molecule has 1 aromatic heterocycles. The van der Waals surface area contributed by atoms with E-state index in [1.165, 1.54) is 19.3 Å². The maximum Gasteiger partial charge on any atom is 0.120 e. The Labute approximate surface area is 107 Å². The van der Waals surface area contributed by atoms with E-state index in [4.69, 9.17) is 4.74 Å². The fraction of sp³-hybridized carbons (Fsp3) is 0.833. The minimum atomic E-state index is 0.383. The van der Waals surface area contributed by atoms with Crippen LogP contribution in [0.4, 0.5) is 0 Å². The second kappa shape index (κ2) is 7.03. The van der Waals surface area contributed by atoms with Crippen molar-refractivity contribution in [2.24, 2.45) is 0 Å². The summed E-state index contributed by atoms with van der Waals surface area (Å²) < 4.78 is 5.61. The van der Waals surface area contributed by atoms with Crippen molar-refractivity contribution < 1.29 is 4.74 Å². The summed E-state index contributed by atoms with van der Waals surface area (Å²) in [5.74, 6) is 0. The second-order valence-electron chi connectivity index (χ2n) is 4.43. The summed E-state index contributed by atoms with van der Waals surface area (Å²) in [5, 5.41) is 14.1. The van der Waals surface area contributed by atoms with Gasteiger partial charge < -0.3 is 10.1 Å². The van der Waals surface area contributed by atoms with Gasteiger partial charge in [0.15, 0.2) is 0 Å². The normalized spacial score (nSPS) is 19.9. The molecule has 2 rings (SSSR count). The number of rotatable bonds is 7. The quantitative estimate of drug-likeness (QED) is 0.755. The molecule has 0 radical (unpaired) electrons. The van der Waals surface area contributed by atoms with Gasteiger partial charge in [0.2, 0.25) is 0 Å². The van der Waals surface area contributed by atoms with Gasteiger partial charge in [-0.2, -0.15) is 0 Å². The third kappa shape index (κ3) is 4.33. The Hall–Kier alpha value is -0.520. The van der Waals surface area contributed by atoms with Crippen molar-refractivity contribution in [1.82, 2.24) is 15.5 Å². The molecule has 1 aliphatic rings. The molecule has 2 heterocycles. The highest BCUT2D eigenvalue weighted by Crippen LogP contribution is 2.19. The lowest BCUT2D eigenvalue weighted by atomic mass is 10.2. The molecule has 0 aliphatic carbocycles. The molecule has 1 atom stereocenters. The minimum Gasteiger partial charge on any atom is -0.378 e. The van der Waals surface area contributed by atoms with Gasteiger partial charge in [-0.05, 0) is 25.8 Å². The van der Waals surface area contributed by atoms with Crippen LogP contribution in [0.1, 0.15) is 36.2 Å². The predicted octanol–water partition coefficient (Wildman–Crippen LogP) is 1.80.